The van der Waals surface area contributed by atoms with Gasteiger partial charge in [0.25, 0.3) is 0 Å². The highest BCUT2D eigenvalue weighted by Gasteiger charge is 2.29. The highest BCUT2D eigenvalue weighted by atomic mass is 127. The van der Waals surface area contributed by atoms with Gasteiger partial charge in [0.05, 0.1) is 12.2 Å². The van der Waals surface area contributed by atoms with E-state index in [-0.39, 0.29) is 24.0 Å². The molecule has 6 heteroatoms. The van der Waals surface area contributed by atoms with Gasteiger partial charge in [-0.1, -0.05) is 38.8 Å². The minimum Gasteiger partial charge on any atom is -0.359 e. The van der Waals surface area contributed by atoms with Crippen molar-refractivity contribution >= 4 is 29.9 Å². The number of nitrogens with one attached hydrogen (secondary N) is 1. The van der Waals surface area contributed by atoms with E-state index in [0.29, 0.717) is 6.54 Å². The molecule has 0 aromatic carbocycles. The first-order valence-electron chi connectivity index (χ1n) is 8.61. The fraction of sp³-hybridized carbons (Fsp3) is 0.765. The van der Waals surface area contributed by atoms with Crippen molar-refractivity contribution < 1.29 is 4.52 Å². The maximum atomic E-state index is 5.32. The first-order valence-corrected chi connectivity index (χ1v) is 8.61. The van der Waals surface area contributed by atoms with Gasteiger partial charge >= 0.3 is 0 Å². The summed E-state index contributed by atoms with van der Waals surface area (Å²) in [6.45, 7) is 9.54. The predicted octanol–water partition coefficient (Wildman–Crippen LogP) is 3.69. The maximum absolute atomic E-state index is 5.32. The molecule has 23 heavy (non-hydrogen) atoms. The summed E-state index contributed by atoms with van der Waals surface area (Å²) in [5, 5.41) is 7.43. The number of halogens is 1. The van der Waals surface area contributed by atoms with E-state index in [0.717, 1.165) is 48.8 Å². The lowest BCUT2D eigenvalue weighted by molar-refractivity contribution is 0.318. The van der Waals surface area contributed by atoms with Gasteiger partial charge in [-0.05, 0) is 24.7 Å². The highest BCUT2D eigenvalue weighted by molar-refractivity contribution is 14.0. The van der Waals surface area contributed by atoms with Crippen LogP contribution in [-0.4, -0.2) is 36.2 Å². The van der Waals surface area contributed by atoms with E-state index in [9.17, 15) is 0 Å². The molecule has 1 unspecified atom stereocenters. The van der Waals surface area contributed by atoms with Gasteiger partial charge in [0.15, 0.2) is 11.7 Å². The molecule has 1 aliphatic heterocycles. The van der Waals surface area contributed by atoms with Crippen LogP contribution in [0.4, 0.5) is 0 Å². The number of rotatable bonds is 6. The Bertz CT molecular complexity index is 485. The number of aromatic nitrogens is 1. The molecule has 0 bridgehead atoms. The Labute approximate surface area is 157 Å². The van der Waals surface area contributed by atoms with Gasteiger partial charge in [-0.3, -0.25) is 4.99 Å². The van der Waals surface area contributed by atoms with Gasteiger partial charge in [0.1, 0.15) is 0 Å². The summed E-state index contributed by atoms with van der Waals surface area (Å²) in [6.07, 6.45) is 4.73. The van der Waals surface area contributed by atoms with Crippen LogP contribution >= 0.6 is 24.0 Å². The monoisotopic (exact) mass is 434 g/mol. The third kappa shape index (κ3) is 5.36. The highest BCUT2D eigenvalue weighted by Crippen LogP contribution is 2.28. The zero-order valence-electron chi connectivity index (χ0n) is 14.8. The Balaban J connectivity index is 0.00000264. The number of nitrogens with zero attached hydrogens (tertiary/aromatic N) is 3. The minimum atomic E-state index is 0. The molecule has 1 aromatic rings. The zero-order valence-corrected chi connectivity index (χ0v) is 17.2. The number of guanidine groups is 1. The maximum Gasteiger partial charge on any atom is 0.194 e. The lowest BCUT2D eigenvalue weighted by Gasteiger charge is -2.24. The molecule has 2 heterocycles. The summed E-state index contributed by atoms with van der Waals surface area (Å²) in [7, 11) is 1.85. The Kier molecular flexibility index (Phi) is 8.94. The van der Waals surface area contributed by atoms with Gasteiger partial charge < -0.3 is 14.7 Å². The summed E-state index contributed by atoms with van der Waals surface area (Å²) >= 11 is 0. The molecule has 0 amide bonds. The van der Waals surface area contributed by atoms with Crippen LogP contribution in [0.1, 0.15) is 51.5 Å². The number of hydrogen-bond acceptors (Lipinski definition) is 3. The summed E-state index contributed by atoms with van der Waals surface area (Å²) in [4.78, 5) is 6.80. The van der Waals surface area contributed by atoms with Crippen molar-refractivity contribution in [2.75, 3.05) is 20.1 Å². The zero-order chi connectivity index (χ0) is 15.9. The molecule has 0 spiro atoms. The molecule has 1 atom stereocenters. The smallest absolute Gasteiger partial charge is 0.194 e. The molecular formula is C17H31IN4O. The van der Waals surface area contributed by atoms with Crippen molar-refractivity contribution in [1.82, 2.24) is 15.4 Å². The van der Waals surface area contributed by atoms with Gasteiger partial charge in [-0.2, -0.15) is 0 Å². The number of likely N-dealkylation sites (tertiary alicyclic amines) is 1. The van der Waals surface area contributed by atoms with E-state index in [1.54, 1.807) is 0 Å². The number of hydrogen-bond donors (Lipinski definition) is 1. The van der Waals surface area contributed by atoms with E-state index >= 15 is 0 Å². The Morgan fingerprint density at radius 2 is 2.17 bits per heavy atom. The van der Waals surface area contributed by atoms with Crippen LogP contribution in [0.5, 0.6) is 0 Å². The van der Waals surface area contributed by atoms with Crippen LogP contribution in [-0.2, 0) is 13.0 Å². The summed E-state index contributed by atoms with van der Waals surface area (Å²) < 4.78 is 5.32. The molecule has 1 aliphatic rings. The lowest BCUT2D eigenvalue weighted by Crippen LogP contribution is -2.40. The molecule has 1 saturated heterocycles. The molecular weight excluding hydrogens is 403 g/mol. The lowest BCUT2D eigenvalue weighted by atomic mass is 9.87. The first-order chi connectivity index (χ1) is 10.7. The SMILES string of the molecule is CCc1cc(CNC(=NC)N2CCC(C(CC)CC)C2)on1.I. The molecule has 0 saturated carbocycles. The van der Waals surface area contributed by atoms with Crippen LogP contribution in [0.25, 0.3) is 0 Å². The Hall–Kier alpha value is -0.790. The number of aryl methyl sites for hydroxylation is 1. The van der Waals surface area contributed by atoms with Gasteiger partial charge in [-0.25, -0.2) is 0 Å². The third-order valence-electron chi connectivity index (χ3n) is 4.84. The van der Waals surface area contributed by atoms with Gasteiger partial charge in [0.2, 0.25) is 0 Å². The Morgan fingerprint density at radius 1 is 1.43 bits per heavy atom. The van der Waals surface area contributed by atoms with Crippen LogP contribution in [0.3, 0.4) is 0 Å². The van der Waals surface area contributed by atoms with Crippen molar-refractivity contribution in [2.24, 2.45) is 16.8 Å². The van der Waals surface area contributed by atoms with Crippen molar-refractivity contribution in [3.05, 3.63) is 17.5 Å². The standard InChI is InChI=1S/C17H30N4O.HI/c1-5-13(6-2)14-8-9-21(12-14)17(18-4)19-11-16-10-15(7-3)20-22-16;/h10,13-14H,5-9,11-12H2,1-4H3,(H,18,19);1H. The van der Waals surface area contributed by atoms with E-state index in [1.807, 2.05) is 13.1 Å². The third-order valence-corrected chi connectivity index (χ3v) is 4.84. The quantitative estimate of drug-likeness (QED) is 0.422. The fourth-order valence-corrected chi connectivity index (χ4v) is 3.42. The second-order valence-corrected chi connectivity index (χ2v) is 6.11. The molecule has 1 N–H and O–H groups in total. The van der Waals surface area contributed by atoms with E-state index in [1.165, 1.54) is 19.3 Å². The summed E-state index contributed by atoms with van der Waals surface area (Å²) in [5.74, 6) is 3.48. The summed E-state index contributed by atoms with van der Waals surface area (Å²) in [6, 6.07) is 2.01. The normalized spacial score (nSPS) is 18.4. The molecule has 132 valence electrons. The molecule has 0 aliphatic carbocycles. The topological polar surface area (TPSA) is 53.7 Å². The average Bonchev–Trinajstić information content (AvgIpc) is 3.19. The van der Waals surface area contributed by atoms with E-state index in [4.69, 9.17) is 4.52 Å². The molecule has 1 aromatic heterocycles. The van der Waals surface area contributed by atoms with Crippen molar-refractivity contribution in [3.63, 3.8) is 0 Å². The van der Waals surface area contributed by atoms with Crippen LogP contribution < -0.4 is 5.32 Å². The van der Waals surface area contributed by atoms with Crippen molar-refractivity contribution in [3.8, 4) is 0 Å². The first kappa shape index (κ1) is 20.3. The second kappa shape index (κ2) is 10.2. The van der Waals surface area contributed by atoms with E-state index in [2.05, 4.69) is 41.1 Å². The fourth-order valence-electron chi connectivity index (χ4n) is 3.42. The van der Waals surface area contributed by atoms with Crippen LogP contribution in [0.15, 0.2) is 15.6 Å². The molecule has 5 nitrogen and oxygen atoms in total. The van der Waals surface area contributed by atoms with Crippen molar-refractivity contribution in [2.45, 2.75) is 53.0 Å². The number of aliphatic imine (C=N–C) groups is 1. The predicted molar refractivity (Wildman–Crippen MR) is 105 cm³/mol. The molecule has 2 rings (SSSR count). The van der Waals surface area contributed by atoms with Crippen LogP contribution in [0.2, 0.25) is 0 Å². The van der Waals surface area contributed by atoms with Gasteiger partial charge in [-0.15, -0.1) is 24.0 Å². The largest absolute Gasteiger partial charge is 0.359 e. The van der Waals surface area contributed by atoms with Crippen LogP contribution in [0, 0.1) is 11.8 Å². The second-order valence-electron chi connectivity index (χ2n) is 6.11. The van der Waals surface area contributed by atoms with Crippen molar-refractivity contribution in [1.29, 1.82) is 0 Å². The van der Waals surface area contributed by atoms with E-state index < -0.39 is 0 Å². The van der Waals surface area contributed by atoms with Gasteiger partial charge in [0, 0.05) is 26.2 Å². The summed E-state index contributed by atoms with van der Waals surface area (Å²) in [5.41, 5.74) is 1.00. The average molecular weight is 434 g/mol. The minimum absolute atomic E-state index is 0. The Morgan fingerprint density at radius 3 is 2.74 bits per heavy atom. The molecule has 0 radical (unpaired) electrons. The molecule has 1 fully saturated rings.